The number of carbonyl (C=O) groups is 2. The zero-order valence-corrected chi connectivity index (χ0v) is 48.6. The van der Waals surface area contributed by atoms with Gasteiger partial charge in [-0.05, 0) is 143 Å². The summed E-state index contributed by atoms with van der Waals surface area (Å²) in [7, 11) is -11.0. The van der Waals surface area contributed by atoms with Crippen molar-refractivity contribution in [1.82, 2.24) is 24.3 Å². The van der Waals surface area contributed by atoms with Crippen LogP contribution in [0.5, 0.6) is 0 Å². The highest BCUT2D eigenvalue weighted by atomic mass is 35.5. The van der Waals surface area contributed by atoms with Gasteiger partial charge in [0.05, 0.1) is 23.8 Å². The molecular formula is C57H73ClF3N7O8S3. The van der Waals surface area contributed by atoms with Crippen LogP contribution in [0.1, 0.15) is 75.7 Å². The lowest BCUT2D eigenvalue weighted by molar-refractivity contribution is -0.0436. The molecule has 0 radical (unpaired) electrons. The molecule has 15 nitrogen and oxygen atoms in total. The van der Waals surface area contributed by atoms with Gasteiger partial charge in [0.15, 0.2) is 0 Å². The fraction of sp³-hybridized carbons (Fsp3) is 0.509. The molecule has 0 aromatic heterocycles. The molecule has 3 heterocycles. The second-order valence-corrected chi connectivity index (χ2v) is 27.3. The van der Waals surface area contributed by atoms with Crippen LogP contribution in [0.3, 0.4) is 0 Å². The third kappa shape index (κ3) is 16.4. The van der Waals surface area contributed by atoms with Gasteiger partial charge in [0.1, 0.15) is 10.5 Å². The molecule has 430 valence electrons. The number of allylic oxidation sites excluding steroid dienone is 1. The number of halogens is 4. The SMILES string of the molecule is CC1(CCN2CCN(C(=O)OC(C)(C)C)CC2)CCC(c2ccc(Cl)cc2)=C(CN2CCN(c3ccc(C(=O)NS(=O)(=O)c4ccc(NC(CCN5CCOCC5)CSc5ccccc5)c(S(=O)(=O)C(F)(F)F)c4)cc3)CC2)C1. The summed E-state index contributed by atoms with van der Waals surface area (Å²) in [6.07, 6.45) is 4.19. The van der Waals surface area contributed by atoms with E-state index in [1.165, 1.54) is 40.6 Å². The Kier molecular flexibility index (Phi) is 19.8. The highest BCUT2D eigenvalue weighted by Crippen LogP contribution is 2.46. The predicted molar refractivity (Wildman–Crippen MR) is 305 cm³/mol. The van der Waals surface area contributed by atoms with E-state index >= 15 is 0 Å². The highest BCUT2D eigenvalue weighted by Gasteiger charge is 2.48. The number of anilines is 2. The number of morpholine rings is 1. The van der Waals surface area contributed by atoms with Gasteiger partial charge in [-0.1, -0.05) is 54.4 Å². The van der Waals surface area contributed by atoms with E-state index in [4.69, 9.17) is 21.1 Å². The van der Waals surface area contributed by atoms with E-state index in [9.17, 15) is 39.6 Å². The number of nitrogens with zero attached hydrogens (tertiary/aromatic N) is 5. The number of sulfone groups is 1. The van der Waals surface area contributed by atoms with Crippen LogP contribution in [0.2, 0.25) is 5.02 Å². The predicted octanol–water partition coefficient (Wildman–Crippen LogP) is 9.76. The largest absolute Gasteiger partial charge is 0.501 e. The van der Waals surface area contributed by atoms with Crippen molar-refractivity contribution in [1.29, 1.82) is 0 Å². The van der Waals surface area contributed by atoms with E-state index in [1.54, 1.807) is 17.0 Å². The van der Waals surface area contributed by atoms with Gasteiger partial charge in [0.2, 0.25) is 0 Å². The lowest BCUT2D eigenvalue weighted by Crippen LogP contribution is -2.50. The molecule has 79 heavy (non-hydrogen) atoms. The Morgan fingerprint density at radius 1 is 0.797 bits per heavy atom. The minimum Gasteiger partial charge on any atom is -0.444 e. The first-order valence-corrected chi connectivity index (χ1v) is 31.3. The van der Waals surface area contributed by atoms with Crippen molar-refractivity contribution in [2.45, 2.75) is 91.6 Å². The van der Waals surface area contributed by atoms with E-state index in [1.807, 2.05) is 68.0 Å². The summed E-state index contributed by atoms with van der Waals surface area (Å²) in [5.41, 5.74) is -1.81. The number of piperazine rings is 2. The number of hydrogen-bond acceptors (Lipinski definition) is 14. The van der Waals surface area contributed by atoms with Gasteiger partial charge >= 0.3 is 11.6 Å². The maximum Gasteiger partial charge on any atom is 0.501 e. The molecule has 22 heteroatoms. The zero-order chi connectivity index (χ0) is 56.6. The molecule has 4 aromatic rings. The van der Waals surface area contributed by atoms with Crippen LogP contribution in [0, 0.1) is 5.41 Å². The molecule has 4 aromatic carbocycles. The highest BCUT2D eigenvalue weighted by molar-refractivity contribution is 7.99. The number of rotatable bonds is 19. The van der Waals surface area contributed by atoms with Crippen molar-refractivity contribution in [2.24, 2.45) is 5.41 Å². The third-order valence-electron chi connectivity index (χ3n) is 15.1. The molecule has 1 aliphatic carbocycles. The molecule has 0 bridgehead atoms. The van der Waals surface area contributed by atoms with Crippen molar-refractivity contribution in [2.75, 3.05) is 114 Å². The number of hydrogen-bond donors (Lipinski definition) is 2. The Labute approximate surface area is 473 Å². The molecule has 4 aliphatic rings. The molecule has 3 fully saturated rings. The van der Waals surface area contributed by atoms with E-state index in [0.717, 1.165) is 87.7 Å². The van der Waals surface area contributed by atoms with E-state index < -0.39 is 58.4 Å². The Bertz CT molecular complexity index is 2980. The van der Waals surface area contributed by atoms with Crippen LogP contribution in [0.4, 0.5) is 29.3 Å². The minimum atomic E-state index is -6.08. The molecule has 2 N–H and O–H groups in total. The van der Waals surface area contributed by atoms with Crippen molar-refractivity contribution < 1.29 is 49.1 Å². The van der Waals surface area contributed by atoms with E-state index in [2.05, 4.69) is 44.0 Å². The van der Waals surface area contributed by atoms with Crippen molar-refractivity contribution in [3.8, 4) is 0 Å². The molecule has 2 amide bonds. The van der Waals surface area contributed by atoms with Gasteiger partial charge in [0.25, 0.3) is 25.8 Å². The fourth-order valence-corrected chi connectivity index (χ4v) is 13.7. The van der Waals surface area contributed by atoms with E-state index in [0.29, 0.717) is 82.3 Å². The zero-order valence-electron chi connectivity index (χ0n) is 45.4. The summed E-state index contributed by atoms with van der Waals surface area (Å²) in [5, 5.41) is 3.69. The normalized spacial score (nSPS) is 20.0. The summed E-state index contributed by atoms with van der Waals surface area (Å²) in [6.45, 7) is 18.7. The van der Waals surface area contributed by atoms with Crippen LogP contribution >= 0.6 is 23.4 Å². The lowest BCUT2D eigenvalue weighted by atomic mass is 9.69. The number of nitrogens with one attached hydrogen (secondary N) is 2. The van der Waals surface area contributed by atoms with Crippen LogP contribution in [-0.2, 0) is 29.3 Å². The molecule has 3 saturated heterocycles. The summed E-state index contributed by atoms with van der Waals surface area (Å²) in [6, 6.07) is 25.8. The average molecular weight is 1170 g/mol. The molecule has 0 spiro atoms. The summed E-state index contributed by atoms with van der Waals surface area (Å²) in [4.78, 5) is 36.1. The first kappa shape index (κ1) is 60.2. The monoisotopic (exact) mass is 1170 g/mol. The Hall–Kier alpha value is -4.87. The number of thioether (sulfide) groups is 1. The summed E-state index contributed by atoms with van der Waals surface area (Å²) < 4.78 is 110. The second-order valence-electron chi connectivity index (χ2n) is 22.2. The average Bonchev–Trinajstić information content (AvgIpc) is 3.46. The van der Waals surface area contributed by atoms with Crippen LogP contribution < -0.4 is 14.9 Å². The topological polar surface area (TPSA) is 161 Å². The van der Waals surface area contributed by atoms with Gasteiger partial charge in [-0.2, -0.15) is 13.2 Å². The molecule has 3 aliphatic heterocycles. The van der Waals surface area contributed by atoms with Crippen LogP contribution in [0.25, 0.3) is 5.57 Å². The van der Waals surface area contributed by atoms with Crippen LogP contribution in [-0.4, -0.2) is 170 Å². The van der Waals surface area contributed by atoms with Gasteiger partial charge in [-0.15, -0.1) is 11.8 Å². The standard InChI is InChI=1S/C57H73ClF3N7O8S3/c1-55(2,3)76-54(70)68-32-26-65(27-33-68)25-23-56(4)22-20-50(42-10-14-45(58)15-11-42)44(39-56)40-66-28-30-67(31-29-66)47-16-12-43(13-17-47)53(69)63-79(73,74)49-18-19-51(52(38-49)78(71,72)57(59,60)61)62-46(21-24-64-34-36-75-37-35-64)41-77-48-8-6-5-7-9-48/h5-19,38,46,62H,20-37,39-41H2,1-4H3,(H,63,69). The maximum atomic E-state index is 14.3. The van der Waals surface area contributed by atoms with Crippen molar-refractivity contribution in [3.63, 3.8) is 0 Å². The van der Waals surface area contributed by atoms with Crippen LogP contribution in [0.15, 0.2) is 117 Å². The maximum absolute atomic E-state index is 14.3. The number of ether oxygens (including phenoxy) is 2. The number of alkyl halides is 3. The number of sulfonamides is 1. The van der Waals surface area contributed by atoms with Crippen molar-refractivity contribution >= 4 is 72.2 Å². The Morgan fingerprint density at radius 3 is 2.09 bits per heavy atom. The lowest BCUT2D eigenvalue weighted by Gasteiger charge is -2.42. The smallest absolute Gasteiger partial charge is 0.444 e. The quantitative estimate of drug-likeness (QED) is 0.0854. The molecule has 2 atom stereocenters. The molecule has 2 unspecified atom stereocenters. The first-order chi connectivity index (χ1) is 37.4. The number of carbonyl (C=O) groups excluding carboxylic acids is 2. The Balaban J connectivity index is 0.890. The summed E-state index contributed by atoms with van der Waals surface area (Å²) >= 11 is 7.77. The number of amides is 2. The van der Waals surface area contributed by atoms with Gasteiger partial charge in [0, 0.05) is 112 Å². The minimum absolute atomic E-state index is 0.0171. The van der Waals surface area contributed by atoms with E-state index in [-0.39, 0.29) is 17.1 Å². The molecular weight excluding hydrogens is 1100 g/mol. The second kappa shape index (κ2) is 25.9. The molecule has 0 saturated carbocycles. The fourth-order valence-electron chi connectivity index (χ4n) is 10.5. The number of benzene rings is 4. The summed E-state index contributed by atoms with van der Waals surface area (Å²) in [5.74, 6) is -0.678. The first-order valence-electron chi connectivity index (χ1n) is 27.0. The van der Waals surface area contributed by atoms with Gasteiger partial charge < -0.3 is 24.6 Å². The van der Waals surface area contributed by atoms with Gasteiger partial charge in [-0.3, -0.25) is 19.5 Å². The third-order valence-corrected chi connectivity index (χ3v) is 19.4. The van der Waals surface area contributed by atoms with Crippen molar-refractivity contribution in [3.05, 3.63) is 119 Å². The molecule has 8 rings (SSSR count). The Morgan fingerprint density at radius 2 is 1.44 bits per heavy atom. The van der Waals surface area contributed by atoms with Gasteiger partial charge in [-0.25, -0.2) is 26.4 Å².